The Kier molecular flexibility index (Phi) is 6.00. The van der Waals surface area contributed by atoms with Crippen LogP contribution in [0.25, 0.3) is 0 Å². The molecule has 2 aromatic carbocycles. The number of aryl methyl sites for hydroxylation is 1. The second-order valence-electron chi connectivity index (χ2n) is 7.11. The Morgan fingerprint density at radius 2 is 1.77 bits per heavy atom. The quantitative estimate of drug-likeness (QED) is 0.678. The molecule has 2 aromatic rings. The minimum atomic E-state index is -2.96. The van der Waals surface area contributed by atoms with Crippen LogP contribution in [0.2, 0.25) is 0 Å². The number of nitrogens with zero attached hydrogens (tertiary/aromatic N) is 1. The zero-order valence-corrected chi connectivity index (χ0v) is 16.4. The molecule has 0 bridgehead atoms. The van der Waals surface area contributed by atoms with Crippen molar-refractivity contribution in [1.82, 2.24) is 15.5 Å². The lowest BCUT2D eigenvalue weighted by atomic mass is 9.92. The van der Waals surface area contributed by atoms with Crippen LogP contribution in [0.1, 0.15) is 23.6 Å². The van der Waals surface area contributed by atoms with Gasteiger partial charge in [0, 0.05) is 6.54 Å². The molecule has 1 heterocycles. The van der Waals surface area contributed by atoms with E-state index in [1.807, 2.05) is 31.2 Å². The molecule has 0 aliphatic carbocycles. The van der Waals surface area contributed by atoms with Gasteiger partial charge in [0.15, 0.2) is 0 Å². The Labute approximate surface area is 172 Å². The molecule has 7 nitrogen and oxygen atoms in total. The van der Waals surface area contributed by atoms with Crippen molar-refractivity contribution in [2.24, 2.45) is 0 Å². The van der Waals surface area contributed by atoms with Gasteiger partial charge in [0.05, 0.1) is 0 Å². The van der Waals surface area contributed by atoms with Crippen molar-refractivity contribution in [3.63, 3.8) is 0 Å². The predicted molar refractivity (Wildman–Crippen MR) is 104 cm³/mol. The van der Waals surface area contributed by atoms with Crippen LogP contribution in [0, 0.1) is 6.92 Å². The number of nitrogens with one attached hydrogen (secondary N) is 2. The van der Waals surface area contributed by atoms with Crippen LogP contribution in [0.5, 0.6) is 5.75 Å². The van der Waals surface area contributed by atoms with Crippen molar-refractivity contribution in [3.05, 3.63) is 65.2 Å². The third kappa shape index (κ3) is 4.56. The normalized spacial score (nSPS) is 18.5. The van der Waals surface area contributed by atoms with Crippen molar-refractivity contribution >= 4 is 17.8 Å². The molecule has 1 atom stereocenters. The van der Waals surface area contributed by atoms with Gasteiger partial charge in [0.2, 0.25) is 5.91 Å². The van der Waals surface area contributed by atoms with Crippen molar-refractivity contribution < 1.29 is 27.9 Å². The topological polar surface area (TPSA) is 87.7 Å². The molecule has 0 aromatic heterocycles. The number of amides is 4. The lowest BCUT2D eigenvalue weighted by Gasteiger charge is -2.22. The van der Waals surface area contributed by atoms with Gasteiger partial charge in [-0.3, -0.25) is 14.5 Å². The number of rotatable bonds is 7. The van der Waals surface area contributed by atoms with Crippen LogP contribution >= 0.6 is 0 Å². The lowest BCUT2D eigenvalue weighted by molar-refractivity contribution is -0.134. The number of halogens is 2. The van der Waals surface area contributed by atoms with Crippen LogP contribution < -0.4 is 15.4 Å². The average Bonchev–Trinajstić information content (AvgIpc) is 2.91. The third-order valence-electron chi connectivity index (χ3n) is 4.84. The highest BCUT2D eigenvalue weighted by Crippen LogP contribution is 2.30. The van der Waals surface area contributed by atoms with Crippen LogP contribution in [0.4, 0.5) is 13.6 Å². The summed E-state index contributed by atoms with van der Waals surface area (Å²) in [6.07, 6.45) is 0. The number of carbonyl (C=O) groups excluding carboxylic acids is 3. The standard InChI is InChI=1S/C21H21F2N3O4/c1-13-3-5-14(6-4-13)11-24-17(27)12-26-18(28)21(2,25-20(26)29)15-7-9-16(10-8-15)30-19(22)23/h3-10,19H,11-12H2,1-2H3,(H,24,27)(H,25,29)/t21-/m1/s1. The maximum atomic E-state index is 12.9. The van der Waals surface area contributed by atoms with E-state index >= 15 is 0 Å². The monoisotopic (exact) mass is 417 g/mol. The molecule has 0 saturated carbocycles. The fourth-order valence-electron chi connectivity index (χ4n) is 3.11. The maximum Gasteiger partial charge on any atom is 0.387 e. The number of imide groups is 1. The van der Waals surface area contributed by atoms with Crippen molar-refractivity contribution in [1.29, 1.82) is 0 Å². The molecule has 0 spiro atoms. The molecule has 9 heteroatoms. The fourth-order valence-corrected chi connectivity index (χ4v) is 3.11. The van der Waals surface area contributed by atoms with Crippen LogP contribution in [-0.2, 0) is 21.7 Å². The Morgan fingerprint density at radius 1 is 1.13 bits per heavy atom. The van der Waals surface area contributed by atoms with Gasteiger partial charge in [-0.15, -0.1) is 0 Å². The summed E-state index contributed by atoms with van der Waals surface area (Å²) < 4.78 is 28.9. The van der Waals surface area contributed by atoms with Gasteiger partial charge in [-0.2, -0.15) is 8.78 Å². The molecular weight excluding hydrogens is 396 g/mol. The van der Waals surface area contributed by atoms with E-state index in [0.29, 0.717) is 5.56 Å². The zero-order chi connectivity index (χ0) is 21.9. The largest absolute Gasteiger partial charge is 0.435 e. The molecule has 1 fully saturated rings. The first-order valence-electron chi connectivity index (χ1n) is 9.21. The summed E-state index contributed by atoms with van der Waals surface area (Å²) in [5, 5.41) is 5.24. The van der Waals surface area contributed by atoms with Gasteiger partial charge in [-0.25, -0.2) is 4.79 Å². The van der Waals surface area contributed by atoms with Gasteiger partial charge < -0.3 is 15.4 Å². The summed E-state index contributed by atoms with van der Waals surface area (Å²) >= 11 is 0. The SMILES string of the molecule is Cc1ccc(CNC(=O)CN2C(=O)N[C@](C)(c3ccc(OC(F)F)cc3)C2=O)cc1. The van der Waals surface area contributed by atoms with Gasteiger partial charge in [-0.1, -0.05) is 42.0 Å². The summed E-state index contributed by atoms with van der Waals surface area (Å²) in [6.45, 7) is 0.314. The predicted octanol–water partition coefficient (Wildman–Crippen LogP) is 2.68. The number of benzene rings is 2. The molecule has 158 valence electrons. The van der Waals surface area contributed by atoms with Crippen LogP contribution in [-0.4, -0.2) is 35.9 Å². The van der Waals surface area contributed by atoms with Gasteiger partial charge in [0.25, 0.3) is 5.91 Å². The van der Waals surface area contributed by atoms with Crippen LogP contribution in [0.3, 0.4) is 0 Å². The number of carbonyl (C=O) groups is 3. The van der Waals surface area contributed by atoms with Gasteiger partial charge in [0.1, 0.15) is 17.8 Å². The van der Waals surface area contributed by atoms with Gasteiger partial charge in [-0.05, 0) is 37.1 Å². The van der Waals surface area contributed by atoms with E-state index in [-0.39, 0.29) is 12.3 Å². The Balaban J connectivity index is 1.64. The first-order chi connectivity index (χ1) is 14.2. The smallest absolute Gasteiger partial charge is 0.387 e. The number of urea groups is 1. The van der Waals surface area contributed by atoms with E-state index in [9.17, 15) is 23.2 Å². The van der Waals surface area contributed by atoms with E-state index in [0.717, 1.165) is 16.0 Å². The number of alkyl halides is 2. The Bertz CT molecular complexity index is 948. The van der Waals surface area contributed by atoms with E-state index in [1.54, 1.807) is 0 Å². The minimum absolute atomic E-state index is 0.0681. The molecule has 0 radical (unpaired) electrons. The molecule has 0 unspecified atom stereocenters. The van der Waals surface area contributed by atoms with Crippen LogP contribution in [0.15, 0.2) is 48.5 Å². The zero-order valence-electron chi connectivity index (χ0n) is 16.4. The van der Waals surface area contributed by atoms with Crippen molar-refractivity contribution in [2.75, 3.05) is 6.54 Å². The highest BCUT2D eigenvalue weighted by atomic mass is 19.3. The highest BCUT2D eigenvalue weighted by Gasteiger charge is 2.49. The molecule has 30 heavy (non-hydrogen) atoms. The molecule has 2 N–H and O–H groups in total. The molecule has 1 aliphatic rings. The van der Waals surface area contributed by atoms with E-state index < -0.39 is 36.5 Å². The first-order valence-corrected chi connectivity index (χ1v) is 9.21. The first kappa shape index (κ1) is 21.2. The molecule has 3 rings (SSSR count). The summed E-state index contributed by atoms with van der Waals surface area (Å²) in [6, 6.07) is 12.3. The van der Waals surface area contributed by atoms with E-state index in [1.165, 1.54) is 31.2 Å². The number of ether oxygens (including phenoxy) is 1. The Hall–Kier alpha value is -3.49. The maximum absolute atomic E-state index is 12.9. The van der Waals surface area contributed by atoms with Gasteiger partial charge >= 0.3 is 12.6 Å². The third-order valence-corrected chi connectivity index (χ3v) is 4.84. The van der Waals surface area contributed by atoms with Crippen molar-refractivity contribution in [2.45, 2.75) is 32.5 Å². The summed E-state index contributed by atoms with van der Waals surface area (Å²) in [4.78, 5) is 38.3. The molecule has 4 amide bonds. The minimum Gasteiger partial charge on any atom is -0.435 e. The molecule has 1 aliphatic heterocycles. The lowest BCUT2D eigenvalue weighted by Crippen LogP contribution is -2.43. The molecule has 1 saturated heterocycles. The summed E-state index contributed by atoms with van der Waals surface area (Å²) in [5.74, 6) is -1.16. The van der Waals surface area contributed by atoms with E-state index in [2.05, 4.69) is 15.4 Å². The number of hydrogen-bond acceptors (Lipinski definition) is 4. The summed E-state index contributed by atoms with van der Waals surface area (Å²) in [7, 11) is 0. The second-order valence-corrected chi connectivity index (χ2v) is 7.11. The Morgan fingerprint density at radius 3 is 2.37 bits per heavy atom. The summed E-state index contributed by atoms with van der Waals surface area (Å²) in [5.41, 5.74) is 0.946. The highest BCUT2D eigenvalue weighted by molar-refractivity contribution is 6.09. The fraction of sp³-hybridized carbons (Fsp3) is 0.286. The van der Waals surface area contributed by atoms with Crippen molar-refractivity contribution in [3.8, 4) is 5.75 Å². The molecular formula is C21H21F2N3O4. The average molecular weight is 417 g/mol. The van der Waals surface area contributed by atoms with E-state index in [4.69, 9.17) is 0 Å². The second kappa shape index (κ2) is 8.48. The number of hydrogen-bond donors (Lipinski definition) is 2.